The van der Waals surface area contributed by atoms with Crippen molar-refractivity contribution in [2.24, 2.45) is 0 Å². The topological polar surface area (TPSA) is 15.3 Å². The van der Waals surface area contributed by atoms with Gasteiger partial charge in [-0.25, -0.2) is 4.39 Å². The number of rotatable bonds is 5. The van der Waals surface area contributed by atoms with E-state index in [4.69, 9.17) is 0 Å². The lowest BCUT2D eigenvalue weighted by atomic mass is 9.96. The molecule has 2 saturated heterocycles. The molecule has 2 fully saturated rings. The summed E-state index contributed by atoms with van der Waals surface area (Å²) >= 11 is 0. The molecular weight excluding hydrogens is 251 g/mol. The maximum Gasteiger partial charge on any atom is 0.127 e. The second-order valence-corrected chi connectivity index (χ2v) is 6.27. The second kappa shape index (κ2) is 6.23. The van der Waals surface area contributed by atoms with Crippen molar-refractivity contribution in [3.8, 4) is 0 Å². The maximum atomic E-state index is 13.8. The molecule has 0 amide bonds. The molecule has 2 unspecified atom stereocenters. The van der Waals surface area contributed by atoms with Gasteiger partial charge in [-0.1, -0.05) is 25.1 Å². The highest BCUT2D eigenvalue weighted by molar-refractivity contribution is 5.18. The summed E-state index contributed by atoms with van der Waals surface area (Å²) in [5, 5.41) is 3.67. The molecule has 3 heteroatoms. The molecule has 2 bridgehead atoms. The maximum absolute atomic E-state index is 13.8. The highest BCUT2D eigenvalue weighted by Crippen LogP contribution is 2.37. The van der Waals surface area contributed by atoms with Gasteiger partial charge in [0.15, 0.2) is 0 Å². The van der Waals surface area contributed by atoms with Crippen molar-refractivity contribution in [2.45, 2.75) is 63.7 Å². The third kappa shape index (κ3) is 2.89. The van der Waals surface area contributed by atoms with E-state index in [0.717, 1.165) is 18.7 Å². The fraction of sp³-hybridized carbons (Fsp3) is 0.647. The fourth-order valence-corrected chi connectivity index (χ4v) is 3.87. The van der Waals surface area contributed by atoms with Crippen molar-refractivity contribution in [3.63, 3.8) is 0 Å². The Labute approximate surface area is 121 Å². The molecule has 2 heterocycles. The van der Waals surface area contributed by atoms with Crippen LogP contribution in [0.5, 0.6) is 0 Å². The van der Waals surface area contributed by atoms with Crippen LogP contribution in [0.25, 0.3) is 0 Å². The van der Waals surface area contributed by atoms with Crippen LogP contribution in [0.2, 0.25) is 0 Å². The van der Waals surface area contributed by atoms with Crippen molar-refractivity contribution in [1.29, 1.82) is 0 Å². The first kappa shape index (κ1) is 14.0. The number of halogens is 1. The molecule has 0 radical (unpaired) electrons. The second-order valence-electron chi connectivity index (χ2n) is 6.27. The Morgan fingerprint density at radius 2 is 1.90 bits per heavy atom. The standard InChI is InChI=1S/C17H25FN2/c1-2-9-19-14-10-15-7-8-16(11-14)20(15)12-13-5-3-4-6-17(13)18/h3-6,14-16,19H,2,7-12H2,1H3. The van der Waals surface area contributed by atoms with Crippen LogP contribution in [0.15, 0.2) is 24.3 Å². The van der Waals surface area contributed by atoms with E-state index in [1.807, 2.05) is 12.1 Å². The zero-order chi connectivity index (χ0) is 13.9. The first-order valence-electron chi connectivity index (χ1n) is 8.00. The van der Waals surface area contributed by atoms with E-state index in [9.17, 15) is 4.39 Å². The summed E-state index contributed by atoms with van der Waals surface area (Å²) in [6.07, 6.45) is 6.22. The Bertz CT molecular complexity index is 434. The van der Waals surface area contributed by atoms with Crippen molar-refractivity contribution in [3.05, 3.63) is 35.6 Å². The summed E-state index contributed by atoms with van der Waals surface area (Å²) < 4.78 is 13.8. The lowest BCUT2D eigenvalue weighted by Gasteiger charge is -2.39. The molecular formula is C17H25FN2. The van der Waals surface area contributed by atoms with E-state index >= 15 is 0 Å². The Balaban J connectivity index is 1.64. The molecule has 110 valence electrons. The molecule has 2 atom stereocenters. The summed E-state index contributed by atoms with van der Waals surface area (Å²) in [5.41, 5.74) is 0.851. The van der Waals surface area contributed by atoms with Gasteiger partial charge < -0.3 is 5.32 Å². The Kier molecular flexibility index (Phi) is 4.37. The molecule has 0 spiro atoms. The van der Waals surface area contributed by atoms with Gasteiger partial charge in [-0.2, -0.15) is 0 Å². The third-order valence-corrected chi connectivity index (χ3v) is 4.88. The van der Waals surface area contributed by atoms with E-state index in [1.54, 1.807) is 12.1 Å². The van der Waals surface area contributed by atoms with Gasteiger partial charge in [-0.05, 0) is 44.7 Å². The minimum Gasteiger partial charge on any atom is -0.314 e. The van der Waals surface area contributed by atoms with Crippen molar-refractivity contribution >= 4 is 0 Å². The smallest absolute Gasteiger partial charge is 0.127 e. The van der Waals surface area contributed by atoms with E-state index in [0.29, 0.717) is 18.1 Å². The van der Waals surface area contributed by atoms with Gasteiger partial charge in [0.1, 0.15) is 5.82 Å². The zero-order valence-corrected chi connectivity index (χ0v) is 12.3. The van der Waals surface area contributed by atoms with Gasteiger partial charge in [0.25, 0.3) is 0 Å². The first-order valence-corrected chi connectivity index (χ1v) is 8.00. The van der Waals surface area contributed by atoms with Crippen LogP contribution in [-0.4, -0.2) is 29.6 Å². The van der Waals surface area contributed by atoms with E-state index in [2.05, 4.69) is 17.1 Å². The summed E-state index contributed by atoms with van der Waals surface area (Å²) in [6.45, 7) is 4.12. The molecule has 2 aliphatic heterocycles. The fourth-order valence-electron chi connectivity index (χ4n) is 3.87. The molecule has 1 N–H and O–H groups in total. The van der Waals surface area contributed by atoms with Crippen LogP contribution < -0.4 is 5.32 Å². The molecule has 0 aliphatic carbocycles. The van der Waals surface area contributed by atoms with Gasteiger partial charge in [0.05, 0.1) is 0 Å². The molecule has 1 aromatic rings. The van der Waals surface area contributed by atoms with Gasteiger partial charge in [0.2, 0.25) is 0 Å². The predicted molar refractivity (Wildman–Crippen MR) is 80.1 cm³/mol. The van der Waals surface area contributed by atoms with Crippen LogP contribution in [-0.2, 0) is 6.54 Å². The number of hydrogen-bond acceptors (Lipinski definition) is 2. The Morgan fingerprint density at radius 3 is 2.55 bits per heavy atom. The predicted octanol–water partition coefficient (Wildman–Crippen LogP) is 3.32. The molecule has 3 rings (SSSR count). The summed E-state index contributed by atoms with van der Waals surface area (Å²) in [5.74, 6) is -0.0573. The molecule has 20 heavy (non-hydrogen) atoms. The highest BCUT2D eigenvalue weighted by Gasteiger charge is 2.40. The SMILES string of the molecule is CCCNC1CC2CCC(C1)N2Cc1ccccc1F. The first-order chi connectivity index (χ1) is 9.78. The van der Waals surface area contributed by atoms with Crippen LogP contribution in [0, 0.1) is 5.82 Å². The monoisotopic (exact) mass is 276 g/mol. The lowest BCUT2D eigenvalue weighted by Crippen LogP contribution is -2.48. The lowest BCUT2D eigenvalue weighted by molar-refractivity contribution is 0.108. The highest BCUT2D eigenvalue weighted by atomic mass is 19.1. The third-order valence-electron chi connectivity index (χ3n) is 4.88. The molecule has 0 aromatic heterocycles. The minimum atomic E-state index is -0.0573. The van der Waals surface area contributed by atoms with Gasteiger partial charge in [-0.15, -0.1) is 0 Å². The van der Waals surface area contributed by atoms with Gasteiger partial charge >= 0.3 is 0 Å². The van der Waals surface area contributed by atoms with Crippen molar-refractivity contribution in [1.82, 2.24) is 10.2 Å². The van der Waals surface area contributed by atoms with Crippen molar-refractivity contribution in [2.75, 3.05) is 6.54 Å². The molecule has 2 aliphatic rings. The van der Waals surface area contributed by atoms with Crippen LogP contribution in [0.4, 0.5) is 4.39 Å². The number of nitrogens with one attached hydrogen (secondary N) is 1. The van der Waals surface area contributed by atoms with Gasteiger partial charge in [-0.3, -0.25) is 4.90 Å². The Hall–Kier alpha value is -0.930. The zero-order valence-electron chi connectivity index (χ0n) is 12.3. The summed E-state index contributed by atoms with van der Waals surface area (Å²) in [7, 11) is 0. The van der Waals surface area contributed by atoms with Crippen molar-refractivity contribution < 1.29 is 4.39 Å². The normalized spacial score (nSPS) is 29.8. The number of hydrogen-bond donors (Lipinski definition) is 1. The average Bonchev–Trinajstić information content (AvgIpc) is 2.70. The average molecular weight is 276 g/mol. The van der Waals surface area contributed by atoms with Crippen LogP contribution >= 0.6 is 0 Å². The molecule has 1 aromatic carbocycles. The van der Waals surface area contributed by atoms with E-state index in [1.165, 1.54) is 32.1 Å². The Morgan fingerprint density at radius 1 is 1.20 bits per heavy atom. The summed E-state index contributed by atoms with van der Waals surface area (Å²) in [6, 6.07) is 9.17. The largest absolute Gasteiger partial charge is 0.314 e. The molecule has 0 saturated carbocycles. The summed E-state index contributed by atoms with van der Waals surface area (Å²) in [4.78, 5) is 2.54. The number of benzene rings is 1. The number of fused-ring (bicyclic) bond motifs is 2. The van der Waals surface area contributed by atoms with Crippen LogP contribution in [0.3, 0.4) is 0 Å². The number of nitrogens with zero attached hydrogens (tertiary/aromatic N) is 1. The van der Waals surface area contributed by atoms with Crippen LogP contribution in [0.1, 0.15) is 44.6 Å². The van der Waals surface area contributed by atoms with Gasteiger partial charge in [0, 0.05) is 30.2 Å². The van der Waals surface area contributed by atoms with E-state index < -0.39 is 0 Å². The quantitative estimate of drug-likeness (QED) is 0.887. The molecule has 2 nitrogen and oxygen atoms in total. The minimum absolute atomic E-state index is 0.0573. The van der Waals surface area contributed by atoms with E-state index in [-0.39, 0.29) is 5.82 Å². The number of piperidine rings is 1.